The third-order valence-electron chi connectivity index (χ3n) is 6.40. The van der Waals surface area contributed by atoms with E-state index in [0.717, 1.165) is 29.8 Å². The van der Waals surface area contributed by atoms with Crippen molar-refractivity contribution in [1.82, 2.24) is 9.88 Å². The minimum Gasteiger partial charge on any atom is -0.342 e. The highest BCUT2D eigenvalue weighted by molar-refractivity contribution is 7.21. The molecule has 0 spiro atoms. The quantitative estimate of drug-likeness (QED) is 0.624. The Morgan fingerprint density at radius 1 is 1.19 bits per heavy atom. The Kier molecular flexibility index (Phi) is 3.48. The van der Waals surface area contributed by atoms with Gasteiger partial charge >= 0.3 is 0 Å². The van der Waals surface area contributed by atoms with Crippen molar-refractivity contribution in [1.29, 1.82) is 0 Å². The van der Waals surface area contributed by atoms with Crippen LogP contribution in [-0.2, 0) is 16.6 Å². The van der Waals surface area contributed by atoms with Crippen LogP contribution in [0.5, 0.6) is 0 Å². The molecule has 26 heavy (non-hydrogen) atoms. The first-order valence-corrected chi connectivity index (χ1v) is 10.1. The van der Waals surface area contributed by atoms with Crippen LogP contribution in [0.4, 0.5) is 0 Å². The lowest BCUT2D eigenvalue weighted by Crippen LogP contribution is -2.56. The Morgan fingerprint density at radius 3 is 2.88 bits per heavy atom. The number of aromatic nitrogens is 1. The fourth-order valence-corrected chi connectivity index (χ4v) is 5.88. The molecular weight excluding hydrogens is 340 g/mol. The molecule has 2 aromatic carbocycles. The summed E-state index contributed by atoms with van der Waals surface area (Å²) in [6.45, 7) is 2.34. The van der Waals surface area contributed by atoms with E-state index in [9.17, 15) is 4.79 Å². The average molecular weight is 362 g/mol. The van der Waals surface area contributed by atoms with Crippen molar-refractivity contribution in [2.24, 2.45) is 0 Å². The molecule has 4 heteroatoms. The van der Waals surface area contributed by atoms with Gasteiger partial charge in [0.05, 0.1) is 10.2 Å². The van der Waals surface area contributed by atoms with E-state index in [2.05, 4.69) is 43.3 Å². The van der Waals surface area contributed by atoms with Crippen molar-refractivity contribution in [3.8, 4) is 10.6 Å². The zero-order valence-corrected chi connectivity index (χ0v) is 16.0. The van der Waals surface area contributed by atoms with Crippen molar-refractivity contribution in [3.05, 3.63) is 53.6 Å². The number of hydrogen-bond donors (Lipinski definition) is 0. The van der Waals surface area contributed by atoms with Gasteiger partial charge in [0.25, 0.3) is 0 Å². The fraction of sp³-hybridized carbons (Fsp3) is 0.364. The van der Waals surface area contributed by atoms with Gasteiger partial charge in [-0.15, -0.1) is 11.3 Å². The van der Waals surface area contributed by atoms with Crippen LogP contribution in [-0.4, -0.2) is 28.9 Å². The number of thiazole rings is 1. The van der Waals surface area contributed by atoms with Crippen LogP contribution >= 0.6 is 11.3 Å². The van der Waals surface area contributed by atoms with E-state index >= 15 is 0 Å². The molecule has 1 aliphatic carbocycles. The highest BCUT2D eigenvalue weighted by Crippen LogP contribution is 2.46. The summed E-state index contributed by atoms with van der Waals surface area (Å²) in [5.41, 5.74) is 5.22. The molecule has 3 aromatic rings. The smallest absolute Gasteiger partial charge is 0.222 e. The van der Waals surface area contributed by atoms with Gasteiger partial charge < -0.3 is 4.90 Å². The van der Waals surface area contributed by atoms with Gasteiger partial charge in [-0.05, 0) is 48.6 Å². The van der Waals surface area contributed by atoms with Crippen molar-refractivity contribution in [2.45, 2.75) is 44.1 Å². The second-order valence-electron chi connectivity index (χ2n) is 7.84. The molecule has 5 rings (SSSR count). The van der Waals surface area contributed by atoms with E-state index in [1.54, 1.807) is 11.3 Å². The van der Waals surface area contributed by atoms with Crippen LogP contribution in [0.3, 0.4) is 0 Å². The highest BCUT2D eigenvalue weighted by Gasteiger charge is 2.46. The van der Waals surface area contributed by atoms with Crippen molar-refractivity contribution >= 4 is 27.5 Å². The van der Waals surface area contributed by atoms with Crippen LogP contribution in [0.25, 0.3) is 20.8 Å². The third-order valence-corrected chi connectivity index (χ3v) is 7.49. The Bertz CT molecular complexity index is 991. The third kappa shape index (κ3) is 2.25. The number of likely N-dealkylation sites (tertiary alicyclic amines) is 1. The van der Waals surface area contributed by atoms with Crippen molar-refractivity contribution in [2.75, 3.05) is 7.05 Å². The summed E-state index contributed by atoms with van der Waals surface area (Å²) in [5, 5.41) is 1.09. The average Bonchev–Trinajstić information content (AvgIpc) is 3.09. The SMILES string of the molecule is CN1C(=O)CC[C@]2(C)c3ccc(-c4nc5ccccc5s4)cc3CC[C@@H]12. The normalized spacial score (nSPS) is 25.2. The summed E-state index contributed by atoms with van der Waals surface area (Å²) < 4.78 is 1.24. The van der Waals surface area contributed by atoms with Gasteiger partial charge in [0.2, 0.25) is 5.91 Å². The number of hydrogen-bond acceptors (Lipinski definition) is 3. The van der Waals surface area contributed by atoms with Crippen LogP contribution in [0.1, 0.15) is 37.3 Å². The first-order valence-electron chi connectivity index (χ1n) is 9.31. The van der Waals surface area contributed by atoms with Crippen molar-refractivity contribution < 1.29 is 4.79 Å². The lowest BCUT2D eigenvalue weighted by molar-refractivity contribution is -0.138. The molecule has 0 bridgehead atoms. The van der Waals surface area contributed by atoms with Gasteiger partial charge in [-0.3, -0.25) is 4.79 Å². The number of likely N-dealkylation sites (N-methyl/N-ethyl adjacent to an activating group) is 1. The van der Waals surface area contributed by atoms with E-state index < -0.39 is 0 Å². The monoisotopic (exact) mass is 362 g/mol. The molecule has 2 atom stereocenters. The molecule has 0 radical (unpaired) electrons. The molecule has 1 aromatic heterocycles. The van der Waals surface area contributed by atoms with Gasteiger partial charge in [-0.25, -0.2) is 4.98 Å². The van der Waals surface area contributed by atoms with Gasteiger partial charge in [0.15, 0.2) is 0 Å². The maximum absolute atomic E-state index is 12.1. The number of piperidine rings is 1. The molecule has 3 nitrogen and oxygen atoms in total. The number of aryl methyl sites for hydroxylation is 1. The van der Waals surface area contributed by atoms with E-state index in [0.29, 0.717) is 18.4 Å². The van der Waals surface area contributed by atoms with Crippen molar-refractivity contribution in [3.63, 3.8) is 0 Å². The number of nitrogens with zero attached hydrogens (tertiary/aromatic N) is 2. The molecule has 1 aliphatic heterocycles. The Hall–Kier alpha value is -2.20. The molecule has 2 aliphatic rings. The molecule has 0 N–H and O–H groups in total. The summed E-state index contributed by atoms with van der Waals surface area (Å²) in [5.74, 6) is 0.294. The van der Waals surface area contributed by atoms with E-state index in [4.69, 9.17) is 4.98 Å². The maximum atomic E-state index is 12.1. The number of carbonyl (C=O) groups is 1. The fourth-order valence-electron chi connectivity index (χ4n) is 4.92. The number of carbonyl (C=O) groups excluding carboxylic acids is 1. The zero-order chi connectivity index (χ0) is 17.9. The predicted molar refractivity (Wildman–Crippen MR) is 107 cm³/mol. The van der Waals surface area contributed by atoms with Gasteiger partial charge in [0, 0.05) is 30.5 Å². The summed E-state index contributed by atoms with van der Waals surface area (Å²) >= 11 is 1.76. The maximum Gasteiger partial charge on any atom is 0.222 e. The van der Waals surface area contributed by atoms with Crippen LogP contribution < -0.4 is 0 Å². The van der Waals surface area contributed by atoms with Gasteiger partial charge in [-0.1, -0.05) is 31.2 Å². The molecule has 1 fully saturated rings. The molecule has 2 heterocycles. The first kappa shape index (κ1) is 16.0. The Labute approximate surface area is 157 Å². The minimum absolute atomic E-state index is 0.0718. The molecule has 0 unspecified atom stereocenters. The second-order valence-corrected chi connectivity index (χ2v) is 8.87. The van der Waals surface area contributed by atoms with E-state index in [1.165, 1.54) is 21.4 Å². The highest BCUT2D eigenvalue weighted by atomic mass is 32.1. The summed E-state index contributed by atoms with van der Waals surface area (Å²) in [4.78, 5) is 19.0. The number of rotatable bonds is 1. The molecule has 0 saturated carbocycles. The number of para-hydroxylation sites is 1. The summed E-state index contributed by atoms with van der Waals surface area (Å²) in [7, 11) is 1.98. The summed E-state index contributed by atoms with van der Waals surface area (Å²) in [6.07, 6.45) is 3.69. The molecule has 132 valence electrons. The minimum atomic E-state index is 0.0718. The lowest BCUT2D eigenvalue weighted by Gasteiger charge is -2.50. The van der Waals surface area contributed by atoms with Gasteiger partial charge in [0.1, 0.15) is 5.01 Å². The number of benzene rings is 2. The zero-order valence-electron chi connectivity index (χ0n) is 15.2. The molecular formula is C22H22N2OS. The van der Waals surface area contributed by atoms with E-state index in [1.807, 2.05) is 18.0 Å². The lowest BCUT2D eigenvalue weighted by atomic mass is 9.63. The predicted octanol–water partition coefficient (Wildman–Crippen LogP) is 4.79. The second kappa shape index (κ2) is 5.65. The topological polar surface area (TPSA) is 33.2 Å². The molecule has 1 amide bonds. The van der Waals surface area contributed by atoms with Crippen LogP contribution in [0, 0.1) is 0 Å². The number of amides is 1. The summed E-state index contributed by atoms with van der Waals surface area (Å²) in [6, 6.07) is 15.5. The first-order chi connectivity index (χ1) is 12.6. The Morgan fingerprint density at radius 2 is 2.04 bits per heavy atom. The molecule has 1 saturated heterocycles. The van der Waals surface area contributed by atoms with Crippen LogP contribution in [0.15, 0.2) is 42.5 Å². The standard InChI is InChI=1S/C22H22N2OS/c1-22-12-11-20(25)24(2)19(22)10-8-14-13-15(7-9-16(14)22)21-23-17-5-3-4-6-18(17)26-21/h3-7,9,13,19H,8,10-12H2,1-2H3/t19-,22-/m1/s1. The largest absolute Gasteiger partial charge is 0.342 e. The van der Waals surface area contributed by atoms with Gasteiger partial charge in [-0.2, -0.15) is 0 Å². The van der Waals surface area contributed by atoms with E-state index in [-0.39, 0.29) is 5.41 Å². The Balaban J connectivity index is 1.57. The number of fused-ring (bicyclic) bond motifs is 4. The van der Waals surface area contributed by atoms with Crippen LogP contribution in [0.2, 0.25) is 0 Å².